The van der Waals surface area contributed by atoms with E-state index in [4.69, 9.17) is 0 Å². The third kappa shape index (κ3) is 2.58. The maximum Gasteiger partial charge on any atom is 0.403 e. The second-order valence-electron chi connectivity index (χ2n) is 3.89. The summed E-state index contributed by atoms with van der Waals surface area (Å²) in [6, 6.07) is 0. The Morgan fingerprint density at radius 2 is 1.27 bits per heavy atom. The van der Waals surface area contributed by atoms with E-state index < -0.39 is 23.7 Å². The molecule has 0 N–H and O–H groups in total. The molecule has 0 aliphatic rings. The lowest BCUT2D eigenvalue weighted by Gasteiger charge is -2.38. The Hall–Kier alpha value is -0.420. The van der Waals surface area contributed by atoms with Gasteiger partial charge in [-0.15, -0.1) is 0 Å². The van der Waals surface area contributed by atoms with Crippen molar-refractivity contribution in [3.05, 3.63) is 0 Å². The van der Waals surface area contributed by atoms with E-state index in [2.05, 4.69) is 0 Å². The molecule has 0 saturated heterocycles. The number of hydrogen-bond donors (Lipinski definition) is 0. The molecule has 0 aromatic heterocycles. The van der Waals surface area contributed by atoms with E-state index >= 15 is 0 Å². The molecular weight excluding hydrogens is 222 g/mol. The molecule has 0 aliphatic carbocycles. The quantitative estimate of drug-likeness (QED) is 0.630. The molecule has 0 nitrogen and oxygen atoms in total. The number of alkyl halides is 6. The summed E-state index contributed by atoms with van der Waals surface area (Å²) >= 11 is 0. The predicted octanol–water partition coefficient (Wildman–Crippen LogP) is 4.55. The van der Waals surface area contributed by atoms with Crippen LogP contribution in [-0.2, 0) is 0 Å². The first-order valence-corrected chi connectivity index (χ1v) is 4.62. The summed E-state index contributed by atoms with van der Waals surface area (Å²) in [5.74, 6) is -1.47. The first-order chi connectivity index (χ1) is 6.48. The summed E-state index contributed by atoms with van der Waals surface area (Å²) in [5, 5.41) is 0. The van der Waals surface area contributed by atoms with Crippen LogP contribution in [0.15, 0.2) is 0 Å². The molecule has 15 heavy (non-hydrogen) atoms. The molecule has 0 heterocycles. The van der Waals surface area contributed by atoms with Gasteiger partial charge in [-0.3, -0.25) is 0 Å². The zero-order chi connectivity index (χ0) is 12.5. The molecule has 1 unspecified atom stereocenters. The molecule has 1 atom stereocenters. The van der Waals surface area contributed by atoms with E-state index in [1.54, 1.807) is 6.92 Å². The van der Waals surface area contributed by atoms with Gasteiger partial charge in [0.15, 0.2) is 5.41 Å². The Labute approximate surface area is 84.7 Å². The van der Waals surface area contributed by atoms with Crippen molar-refractivity contribution in [2.24, 2.45) is 11.3 Å². The largest absolute Gasteiger partial charge is 0.403 e. The molecule has 92 valence electrons. The van der Waals surface area contributed by atoms with Crippen LogP contribution in [0.5, 0.6) is 0 Å². The Morgan fingerprint density at radius 3 is 1.47 bits per heavy atom. The maximum atomic E-state index is 12.5. The lowest BCUT2D eigenvalue weighted by atomic mass is 9.74. The van der Waals surface area contributed by atoms with E-state index in [1.807, 2.05) is 0 Å². The van der Waals surface area contributed by atoms with Gasteiger partial charge >= 0.3 is 12.4 Å². The minimum absolute atomic E-state index is 0.102. The van der Waals surface area contributed by atoms with E-state index in [9.17, 15) is 26.3 Å². The van der Waals surface area contributed by atoms with Crippen LogP contribution in [0.2, 0.25) is 0 Å². The summed E-state index contributed by atoms with van der Waals surface area (Å²) in [7, 11) is 0. The first-order valence-electron chi connectivity index (χ1n) is 4.62. The van der Waals surface area contributed by atoms with Crippen LogP contribution < -0.4 is 0 Å². The molecule has 0 aromatic rings. The van der Waals surface area contributed by atoms with E-state index in [-0.39, 0.29) is 13.3 Å². The normalized spacial score (nSPS) is 16.6. The van der Waals surface area contributed by atoms with Crippen LogP contribution in [-0.4, -0.2) is 12.4 Å². The Kier molecular flexibility index (Phi) is 4.10. The zero-order valence-corrected chi connectivity index (χ0v) is 8.76. The molecule has 0 amide bonds. The SMILES string of the molecule is CCCC(C)C(C)(C(F)(F)F)C(F)(F)F. The Balaban J connectivity index is 5.23. The first kappa shape index (κ1) is 14.6. The van der Waals surface area contributed by atoms with E-state index in [0.717, 1.165) is 6.92 Å². The molecule has 0 fully saturated rings. The van der Waals surface area contributed by atoms with Gasteiger partial charge in [-0.1, -0.05) is 20.3 Å². The molecule has 0 aliphatic heterocycles. The topological polar surface area (TPSA) is 0 Å². The summed E-state index contributed by atoms with van der Waals surface area (Å²) in [6.45, 7) is 2.78. The number of halogens is 6. The van der Waals surface area contributed by atoms with Gasteiger partial charge in [0.1, 0.15) is 0 Å². The van der Waals surface area contributed by atoms with Gasteiger partial charge in [0, 0.05) is 0 Å². The molecule has 0 rings (SSSR count). The lowest BCUT2D eigenvalue weighted by molar-refractivity contribution is -0.350. The highest BCUT2D eigenvalue weighted by Crippen LogP contribution is 2.55. The minimum atomic E-state index is -5.26. The van der Waals surface area contributed by atoms with Crippen molar-refractivity contribution < 1.29 is 26.3 Å². The van der Waals surface area contributed by atoms with Crippen molar-refractivity contribution in [3.63, 3.8) is 0 Å². The number of hydrogen-bond acceptors (Lipinski definition) is 0. The second kappa shape index (κ2) is 4.22. The van der Waals surface area contributed by atoms with Crippen LogP contribution in [0.3, 0.4) is 0 Å². The highest BCUT2D eigenvalue weighted by atomic mass is 19.4. The van der Waals surface area contributed by atoms with Crippen molar-refractivity contribution in [2.75, 3.05) is 0 Å². The Morgan fingerprint density at radius 1 is 0.933 bits per heavy atom. The van der Waals surface area contributed by atoms with Gasteiger partial charge in [-0.2, -0.15) is 26.3 Å². The van der Waals surface area contributed by atoms with Gasteiger partial charge in [0.25, 0.3) is 0 Å². The van der Waals surface area contributed by atoms with Gasteiger partial charge in [0.2, 0.25) is 0 Å². The lowest BCUT2D eigenvalue weighted by Crippen LogP contribution is -2.52. The fraction of sp³-hybridized carbons (Fsp3) is 1.00. The molecule has 6 heteroatoms. The van der Waals surface area contributed by atoms with Crippen LogP contribution in [0.1, 0.15) is 33.6 Å². The van der Waals surface area contributed by atoms with Crippen molar-refractivity contribution >= 4 is 0 Å². The number of rotatable bonds is 3. The molecule has 0 radical (unpaired) electrons. The van der Waals surface area contributed by atoms with Crippen molar-refractivity contribution in [1.82, 2.24) is 0 Å². The van der Waals surface area contributed by atoms with Crippen LogP contribution in [0, 0.1) is 11.3 Å². The van der Waals surface area contributed by atoms with Crippen LogP contribution in [0.4, 0.5) is 26.3 Å². The van der Waals surface area contributed by atoms with Gasteiger partial charge in [0.05, 0.1) is 0 Å². The fourth-order valence-corrected chi connectivity index (χ4v) is 1.44. The molecule has 0 spiro atoms. The summed E-state index contributed by atoms with van der Waals surface area (Å²) in [5.41, 5.74) is -3.62. The standard InChI is InChI=1S/C9H14F6/c1-4-5-6(2)7(3,8(10,11)12)9(13,14)15/h6H,4-5H2,1-3H3. The molecular formula is C9H14F6. The molecule has 0 saturated carbocycles. The van der Waals surface area contributed by atoms with Crippen molar-refractivity contribution in [1.29, 1.82) is 0 Å². The maximum absolute atomic E-state index is 12.5. The van der Waals surface area contributed by atoms with Gasteiger partial charge < -0.3 is 0 Å². The third-order valence-corrected chi connectivity index (χ3v) is 2.89. The average molecular weight is 236 g/mol. The minimum Gasteiger partial charge on any atom is -0.170 e. The highest BCUT2D eigenvalue weighted by molar-refractivity contribution is 4.93. The second-order valence-corrected chi connectivity index (χ2v) is 3.89. The highest BCUT2D eigenvalue weighted by Gasteiger charge is 2.69. The molecule has 0 aromatic carbocycles. The summed E-state index contributed by atoms with van der Waals surface area (Å²) in [4.78, 5) is 0. The van der Waals surface area contributed by atoms with Gasteiger partial charge in [-0.25, -0.2) is 0 Å². The van der Waals surface area contributed by atoms with Crippen LogP contribution in [0.25, 0.3) is 0 Å². The summed E-state index contributed by atoms with van der Waals surface area (Å²) < 4.78 is 74.7. The smallest absolute Gasteiger partial charge is 0.170 e. The fourth-order valence-electron chi connectivity index (χ4n) is 1.44. The molecule has 0 bridgehead atoms. The average Bonchev–Trinajstić information content (AvgIpc) is 1.99. The zero-order valence-electron chi connectivity index (χ0n) is 8.76. The third-order valence-electron chi connectivity index (χ3n) is 2.89. The van der Waals surface area contributed by atoms with Crippen LogP contribution >= 0.6 is 0 Å². The Bertz CT molecular complexity index is 188. The predicted molar refractivity (Wildman–Crippen MR) is 44.3 cm³/mol. The monoisotopic (exact) mass is 236 g/mol. The summed E-state index contributed by atoms with van der Waals surface area (Å²) in [6.07, 6.45) is -10.3. The van der Waals surface area contributed by atoms with Gasteiger partial charge in [-0.05, 0) is 19.3 Å². The van der Waals surface area contributed by atoms with Crippen molar-refractivity contribution in [3.8, 4) is 0 Å². The van der Waals surface area contributed by atoms with E-state index in [0.29, 0.717) is 6.42 Å². The van der Waals surface area contributed by atoms with Crippen molar-refractivity contribution in [2.45, 2.75) is 46.0 Å². The van der Waals surface area contributed by atoms with E-state index in [1.165, 1.54) is 0 Å².